The van der Waals surface area contributed by atoms with Crippen molar-refractivity contribution in [3.05, 3.63) is 0 Å². The van der Waals surface area contributed by atoms with Gasteiger partial charge >= 0.3 is 0 Å². The highest BCUT2D eigenvalue weighted by Gasteiger charge is 2.38. The maximum absolute atomic E-state index is 12.5. The molecule has 0 aliphatic carbocycles. The Kier molecular flexibility index (Phi) is 9.99. The van der Waals surface area contributed by atoms with Crippen LogP contribution in [0.1, 0.15) is 48.5 Å². The third kappa shape index (κ3) is 8.39. The molecule has 0 bridgehead atoms. The molecular formula is C16H31N3O3S2. The quantitative estimate of drug-likeness (QED) is 0.474. The van der Waals surface area contributed by atoms with E-state index in [1.54, 1.807) is 0 Å². The molecule has 2 atom stereocenters. The number of hydrogen-bond acceptors (Lipinski definition) is 6. The molecule has 0 aromatic heterocycles. The van der Waals surface area contributed by atoms with Crippen LogP contribution in [0.4, 0.5) is 0 Å². The lowest BCUT2D eigenvalue weighted by Gasteiger charge is -2.34. The van der Waals surface area contributed by atoms with E-state index in [0.717, 1.165) is 0 Å². The first-order chi connectivity index (χ1) is 10.9. The monoisotopic (exact) mass is 377 g/mol. The maximum atomic E-state index is 12.5. The van der Waals surface area contributed by atoms with Gasteiger partial charge in [-0.25, -0.2) is 0 Å². The molecule has 0 saturated carbocycles. The van der Waals surface area contributed by atoms with Crippen molar-refractivity contribution in [2.75, 3.05) is 5.75 Å². The Morgan fingerprint density at radius 3 is 2.04 bits per heavy atom. The number of Topliss-reactive ketones (excluding diaryl/α,β-unsaturated/α-hetero) is 1. The van der Waals surface area contributed by atoms with E-state index in [0.29, 0.717) is 5.75 Å². The second-order valence-electron chi connectivity index (χ2n) is 6.94. The molecule has 2 amide bonds. The Balaban J connectivity index is 4.90. The highest BCUT2D eigenvalue weighted by atomic mass is 33.1. The van der Waals surface area contributed by atoms with Gasteiger partial charge in [0.05, 0.1) is 6.04 Å². The molecule has 0 saturated heterocycles. The molecule has 2 unspecified atom stereocenters. The van der Waals surface area contributed by atoms with Crippen LogP contribution < -0.4 is 16.4 Å². The number of hydrogen-bond donors (Lipinski definition) is 3. The van der Waals surface area contributed by atoms with Crippen LogP contribution in [0.5, 0.6) is 0 Å². The number of carbonyl (C=O) groups excluding carboxylic acids is 3. The van der Waals surface area contributed by atoms with Gasteiger partial charge in [-0.15, -0.1) is 0 Å². The molecule has 0 spiro atoms. The average molecular weight is 378 g/mol. The Hall–Kier alpha value is -0.730. The van der Waals surface area contributed by atoms with Gasteiger partial charge in [0.25, 0.3) is 0 Å². The second-order valence-corrected chi connectivity index (χ2v) is 9.93. The average Bonchev–Trinajstić information content (AvgIpc) is 2.41. The molecule has 4 N–H and O–H groups in total. The molecule has 6 nitrogen and oxygen atoms in total. The maximum Gasteiger partial charge on any atom is 0.235 e. The number of nitrogens with one attached hydrogen (secondary N) is 2. The number of primary amides is 1. The molecule has 0 heterocycles. The van der Waals surface area contributed by atoms with Crippen molar-refractivity contribution in [3.8, 4) is 0 Å². The minimum atomic E-state index is -0.586. The summed E-state index contributed by atoms with van der Waals surface area (Å²) in [5.74, 6) is -0.317. The zero-order valence-corrected chi connectivity index (χ0v) is 17.3. The van der Waals surface area contributed by atoms with E-state index in [9.17, 15) is 14.4 Å². The first-order valence-electron chi connectivity index (χ1n) is 8.05. The summed E-state index contributed by atoms with van der Waals surface area (Å²) in [5.41, 5.74) is 5.41. The molecular weight excluding hydrogens is 346 g/mol. The summed E-state index contributed by atoms with van der Waals surface area (Å²) in [7, 11) is 2.95. The van der Waals surface area contributed by atoms with Crippen LogP contribution >= 0.6 is 21.6 Å². The Morgan fingerprint density at radius 1 is 1.12 bits per heavy atom. The number of amides is 2. The molecule has 0 aliphatic heterocycles. The van der Waals surface area contributed by atoms with E-state index >= 15 is 0 Å². The SMILES string of the molecule is CC(=O)NC(C(=O)C(C)C)C(C)(C)SSCC(NC(C)C)C(N)=O. The van der Waals surface area contributed by atoms with Crippen molar-refractivity contribution in [1.82, 2.24) is 10.6 Å². The van der Waals surface area contributed by atoms with Crippen molar-refractivity contribution < 1.29 is 14.4 Å². The van der Waals surface area contributed by atoms with Gasteiger partial charge in [0.1, 0.15) is 6.04 Å². The summed E-state index contributed by atoms with van der Waals surface area (Å²) in [6.45, 7) is 12.8. The van der Waals surface area contributed by atoms with Crippen LogP contribution in [0, 0.1) is 5.92 Å². The molecule has 0 fully saturated rings. The fourth-order valence-corrected chi connectivity index (χ4v) is 4.89. The minimum Gasteiger partial charge on any atom is -0.368 e. The Bertz CT molecular complexity index is 454. The van der Waals surface area contributed by atoms with Crippen LogP contribution in [0.25, 0.3) is 0 Å². The minimum absolute atomic E-state index is 0.00458. The second kappa shape index (κ2) is 10.3. The summed E-state index contributed by atoms with van der Waals surface area (Å²) in [4.78, 5) is 35.4. The lowest BCUT2D eigenvalue weighted by molar-refractivity contribution is -0.129. The largest absolute Gasteiger partial charge is 0.368 e. The van der Waals surface area contributed by atoms with Gasteiger partial charge in [0, 0.05) is 29.4 Å². The van der Waals surface area contributed by atoms with Crippen LogP contribution in [0.2, 0.25) is 0 Å². The van der Waals surface area contributed by atoms with E-state index in [1.807, 2.05) is 41.5 Å². The van der Waals surface area contributed by atoms with Crippen molar-refractivity contribution in [2.45, 2.75) is 71.3 Å². The predicted octanol–water partition coefficient (Wildman–Crippen LogP) is 1.73. The molecule has 0 aromatic rings. The van der Waals surface area contributed by atoms with E-state index in [4.69, 9.17) is 5.73 Å². The third-order valence-electron chi connectivity index (χ3n) is 3.28. The molecule has 0 rings (SSSR count). The molecule has 0 aromatic carbocycles. The lowest BCUT2D eigenvalue weighted by atomic mass is 9.92. The number of nitrogens with two attached hydrogens (primary N) is 1. The first kappa shape index (κ1) is 23.3. The van der Waals surface area contributed by atoms with Crippen molar-refractivity contribution in [1.29, 1.82) is 0 Å². The van der Waals surface area contributed by atoms with Gasteiger partial charge in [-0.3, -0.25) is 14.4 Å². The Morgan fingerprint density at radius 2 is 1.67 bits per heavy atom. The molecule has 24 heavy (non-hydrogen) atoms. The van der Waals surface area contributed by atoms with E-state index in [2.05, 4.69) is 10.6 Å². The summed E-state index contributed by atoms with van der Waals surface area (Å²) in [6, 6.07) is -0.869. The molecule has 0 radical (unpaired) electrons. The van der Waals surface area contributed by atoms with E-state index in [1.165, 1.54) is 28.5 Å². The topological polar surface area (TPSA) is 101 Å². The van der Waals surface area contributed by atoms with Gasteiger partial charge < -0.3 is 16.4 Å². The zero-order valence-electron chi connectivity index (χ0n) is 15.6. The van der Waals surface area contributed by atoms with Crippen molar-refractivity contribution in [3.63, 3.8) is 0 Å². The van der Waals surface area contributed by atoms with Gasteiger partial charge in [0.15, 0.2) is 5.78 Å². The molecule has 140 valence electrons. The predicted molar refractivity (Wildman–Crippen MR) is 103 cm³/mol. The van der Waals surface area contributed by atoms with Crippen molar-refractivity contribution in [2.24, 2.45) is 11.7 Å². The summed E-state index contributed by atoms with van der Waals surface area (Å²) >= 11 is 0. The lowest BCUT2D eigenvalue weighted by Crippen LogP contribution is -2.53. The number of carbonyl (C=O) groups is 3. The zero-order chi connectivity index (χ0) is 19.1. The fraction of sp³-hybridized carbons (Fsp3) is 0.812. The van der Waals surface area contributed by atoms with Gasteiger partial charge in [-0.2, -0.15) is 0 Å². The van der Waals surface area contributed by atoms with Gasteiger partial charge in [-0.05, 0) is 13.8 Å². The van der Waals surface area contributed by atoms with Crippen molar-refractivity contribution >= 4 is 39.2 Å². The summed E-state index contributed by atoms with van der Waals surface area (Å²) in [5, 5.41) is 5.89. The highest BCUT2D eigenvalue weighted by Crippen LogP contribution is 2.39. The third-order valence-corrected chi connectivity index (χ3v) is 6.59. The molecule has 0 aliphatic rings. The van der Waals surface area contributed by atoms with Crippen LogP contribution in [-0.2, 0) is 14.4 Å². The molecule has 8 heteroatoms. The summed E-state index contributed by atoms with van der Waals surface area (Å²) in [6.07, 6.45) is 0. The highest BCUT2D eigenvalue weighted by molar-refractivity contribution is 8.77. The fourth-order valence-electron chi connectivity index (χ4n) is 2.04. The van der Waals surface area contributed by atoms with E-state index in [-0.39, 0.29) is 23.7 Å². The Labute approximate surface area is 153 Å². The van der Waals surface area contributed by atoms with E-state index < -0.39 is 22.7 Å². The first-order valence-corrected chi connectivity index (χ1v) is 10.4. The van der Waals surface area contributed by atoms with Crippen LogP contribution in [0.15, 0.2) is 0 Å². The smallest absolute Gasteiger partial charge is 0.235 e. The summed E-state index contributed by atoms with van der Waals surface area (Å²) < 4.78 is -0.516. The van der Waals surface area contributed by atoms with Crippen LogP contribution in [0.3, 0.4) is 0 Å². The van der Waals surface area contributed by atoms with Gasteiger partial charge in [0.2, 0.25) is 11.8 Å². The normalized spacial score (nSPS) is 14.5. The van der Waals surface area contributed by atoms with Gasteiger partial charge in [-0.1, -0.05) is 49.3 Å². The van der Waals surface area contributed by atoms with Crippen LogP contribution in [-0.4, -0.2) is 46.2 Å². The standard InChI is InChI=1S/C16H31N3O3S2/c1-9(2)13(21)14(19-11(5)20)16(6,7)24-23-8-12(15(17)22)18-10(3)4/h9-10,12,14,18H,8H2,1-7H3,(H2,17,22)(H,19,20). The number of rotatable bonds is 11. The number of ketones is 1.